The molecule has 0 radical (unpaired) electrons. The van der Waals surface area contributed by atoms with E-state index in [0.717, 1.165) is 69.8 Å². The van der Waals surface area contributed by atoms with Crippen molar-refractivity contribution in [2.45, 2.75) is 39.0 Å². The second kappa shape index (κ2) is 9.16. The lowest BCUT2D eigenvalue weighted by atomic mass is 9.81. The van der Waals surface area contributed by atoms with E-state index in [1.54, 1.807) is 0 Å². The average molecular weight is 413 g/mol. The summed E-state index contributed by atoms with van der Waals surface area (Å²) < 4.78 is 0. The Morgan fingerprint density at radius 3 is 2.27 bits per heavy atom. The maximum absolute atomic E-state index is 12.6. The van der Waals surface area contributed by atoms with Crippen LogP contribution >= 0.6 is 0 Å². The molecule has 2 saturated heterocycles. The van der Waals surface area contributed by atoms with Gasteiger partial charge in [0.05, 0.1) is 23.2 Å². The van der Waals surface area contributed by atoms with E-state index in [-0.39, 0.29) is 42.5 Å². The Labute approximate surface area is 178 Å². The van der Waals surface area contributed by atoms with Crippen molar-refractivity contribution in [2.24, 2.45) is 11.8 Å². The third-order valence-corrected chi connectivity index (χ3v) is 6.83. The van der Waals surface area contributed by atoms with Gasteiger partial charge in [-0.1, -0.05) is 31.9 Å². The number of piperazine rings is 1. The molecule has 0 aromatic heterocycles. The number of amides is 3. The summed E-state index contributed by atoms with van der Waals surface area (Å²) in [6, 6.07) is 7.86. The second-order valence-electron chi connectivity index (χ2n) is 8.56. The molecule has 3 aliphatic rings. The van der Waals surface area contributed by atoms with Crippen LogP contribution in [0.2, 0.25) is 0 Å². The van der Waals surface area contributed by atoms with Crippen molar-refractivity contribution in [1.29, 1.82) is 0 Å². The maximum Gasteiger partial charge on any atom is 0.233 e. The molecule has 0 unspecified atom stereocenters. The Morgan fingerprint density at radius 2 is 1.63 bits per heavy atom. The first-order chi connectivity index (χ1) is 14.6. The second-order valence-corrected chi connectivity index (χ2v) is 8.56. The van der Waals surface area contributed by atoms with E-state index in [0.29, 0.717) is 0 Å². The Balaban J connectivity index is 1.35. The monoisotopic (exact) mass is 412 g/mol. The van der Waals surface area contributed by atoms with Gasteiger partial charge in [-0.25, -0.2) is 0 Å². The predicted molar refractivity (Wildman–Crippen MR) is 116 cm³/mol. The zero-order valence-corrected chi connectivity index (χ0v) is 17.8. The van der Waals surface area contributed by atoms with Crippen molar-refractivity contribution < 1.29 is 14.4 Å². The molecule has 1 aromatic rings. The highest BCUT2D eigenvalue weighted by Crippen LogP contribution is 2.38. The minimum Gasteiger partial charge on any atom is -0.367 e. The molecular formula is C23H32N4O3. The summed E-state index contributed by atoms with van der Waals surface area (Å²) in [6.45, 7) is 7.30. The van der Waals surface area contributed by atoms with Gasteiger partial charge in [-0.2, -0.15) is 0 Å². The zero-order valence-electron chi connectivity index (χ0n) is 17.8. The van der Waals surface area contributed by atoms with Crippen LogP contribution in [-0.2, 0) is 14.4 Å². The van der Waals surface area contributed by atoms with Gasteiger partial charge in [0.2, 0.25) is 17.7 Å². The first-order valence-electron chi connectivity index (χ1n) is 11.3. The smallest absolute Gasteiger partial charge is 0.233 e. The normalized spacial score (nSPS) is 24.8. The number of rotatable bonds is 6. The van der Waals surface area contributed by atoms with Crippen LogP contribution in [0.15, 0.2) is 24.3 Å². The molecule has 0 spiro atoms. The molecule has 2 heterocycles. The highest BCUT2D eigenvalue weighted by atomic mass is 16.2. The van der Waals surface area contributed by atoms with E-state index in [9.17, 15) is 14.4 Å². The van der Waals surface area contributed by atoms with E-state index in [1.165, 1.54) is 4.90 Å². The number of likely N-dealkylation sites (tertiary alicyclic amines) is 1. The van der Waals surface area contributed by atoms with Crippen LogP contribution in [0.4, 0.5) is 11.4 Å². The molecule has 2 aliphatic heterocycles. The number of imide groups is 1. The topological polar surface area (TPSA) is 73.0 Å². The largest absolute Gasteiger partial charge is 0.367 e. The molecule has 7 heteroatoms. The number of hydrogen-bond acceptors (Lipinski definition) is 5. The van der Waals surface area contributed by atoms with E-state index in [4.69, 9.17) is 0 Å². The molecule has 162 valence electrons. The summed E-state index contributed by atoms with van der Waals surface area (Å²) in [7, 11) is 0. The highest BCUT2D eigenvalue weighted by molar-refractivity contribution is 6.05. The minimum atomic E-state index is -0.162. The Kier molecular flexibility index (Phi) is 6.37. The maximum atomic E-state index is 12.6. The standard InChI is InChI=1S/C23H32N4O3/c1-2-25-13-15-26(16-14-25)20-10-6-5-9-19(20)24-21(28)11-12-27-22(29)17-7-3-4-8-18(17)23(27)30/h5-6,9-10,17-18H,2-4,7-8,11-16H2,1H3,(H,24,28)/t17-,18-/m1/s1. The fourth-order valence-electron chi connectivity index (χ4n) is 5.04. The summed E-state index contributed by atoms with van der Waals surface area (Å²) in [5.74, 6) is -0.628. The minimum absolute atomic E-state index is 0.0771. The lowest BCUT2D eigenvalue weighted by Gasteiger charge is -2.36. The molecule has 1 aromatic carbocycles. The number of hydrogen-bond donors (Lipinski definition) is 1. The molecule has 4 rings (SSSR count). The Bertz CT molecular complexity index is 779. The fourth-order valence-corrected chi connectivity index (χ4v) is 5.04. The van der Waals surface area contributed by atoms with Crippen LogP contribution in [0.25, 0.3) is 0 Å². The van der Waals surface area contributed by atoms with Gasteiger partial charge in [-0.05, 0) is 31.5 Å². The van der Waals surface area contributed by atoms with Gasteiger partial charge in [-0.15, -0.1) is 0 Å². The lowest BCUT2D eigenvalue weighted by Crippen LogP contribution is -2.46. The van der Waals surface area contributed by atoms with Crippen molar-refractivity contribution in [3.8, 4) is 0 Å². The van der Waals surface area contributed by atoms with Gasteiger partial charge in [0.25, 0.3) is 0 Å². The average Bonchev–Trinajstić information content (AvgIpc) is 3.03. The van der Waals surface area contributed by atoms with Gasteiger partial charge >= 0.3 is 0 Å². The van der Waals surface area contributed by atoms with Crippen LogP contribution in [0.3, 0.4) is 0 Å². The molecule has 2 atom stereocenters. The van der Waals surface area contributed by atoms with Gasteiger partial charge in [-0.3, -0.25) is 19.3 Å². The molecule has 30 heavy (non-hydrogen) atoms. The van der Waals surface area contributed by atoms with Crippen molar-refractivity contribution in [1.82, 2.24) is 9.80 Å². The summed E-state index contributed by atoms with van der Waals surface area (Å²) >= 11 is 0. The summed E-state index contributed by atoms with van der Waals surface area (Å²) in [5, 5.41) is 3.01. The third kappa shape index (κ3) is 4.21. The number of carbonyl (C=O) groups excluding carboxylic acids is 3. The van der Waals surface area contributed by atoms with Crippen LogP contribution in [0.5, 0.6) is 0 Å². The van der Waals surface area contributed by atoms with E-state index >= 15 is 0 Å². The quantitative estimate of drug-likeness (QED) is 0.726. The number of carbonyl (C=O) groups is 3. The van der Waals surface area contributed by atoms with Crippen LogP contribution < -0.4 is 10.2 Å². The Hall–Kier alpha value is -2.41. The summed E-state index contributed by atoms with van der Waals surface area (Å²) in [6.07, 6.45) is 3.76. The fraction of sp³-hybridized carbons (Fsp3) is 0.609. The first-order valence-corrected chi connectivity index (χ1v) is 11.3. The molecule has 3 amide bonds. The zero-order chi connectivity index (χ0) is 21.1. The van der Waals surface area contributed by atoms with Crippen LogP contribution in [-0.4, -0.2) is 66.8 Å². The van der Waals surface area contributed by atoms with Gasteiger partial charge in [0.15, 0.2) is 0 Å². The number of fused-ring (bicyclic) bond motifs is 1. The number of nitrogens with one attached hydrogen (secondary N) is 1. The highest BCUT2D eigenvalue weighted by Gasteiger charge is 2.47. The Morgan fingerprint density at radius 1 is 1.00 bits per heavy atom. The SMILES string of the molecule is CCN1CCN(c2ccccc2NC(=O)CCN2C(=O)[C@@H]3CCCC[C@H]3C2=O)CC1. The number of likely N-dealkylation sites (N-methyl/N-ethyl adjacent to an activating group) is 1. The van der Waals surface area contributed by atoms with E-state index in [2.05, 4.69) is 22.0 Å². The van der Waals surface area contributed by atoms with Crippen molar-refractivity contribution in [3.05, 3.63) is 24.3 Å². The van der Waals surface area contributed by atoms with E-state index < -0.39 is 0 Å². The molecule has 1 saturated carbocycles. The summed E-state index contributed by atoms with van der Waals surface area (Å²) in [4.78, 5) is 43.9. The van der Waals surface area contributed by atoms with E-state index in [1.807, 2.05) is 24.3 Å². The predicted octanol–water partition coefficient (Wildman–Crippen LogP) is 2.33. The van der Waals surface area contributed by atoms with Gasteiger partial charge < -0.3 is 15.1 Å². The molecule has 1 N–H and O–H groups in total. The first kappa shape index (κ1) is 20.8. The third-order valence-electron chi connectivity index (χ3n) is 6.83. The van der Waals surface area contributed by atoms with Crippen LogP contribution in [0, 0.1) is 11.8 Å². The number of benzene rings is 1. The van der Waals surface area contributed by atoms with Crippen molar-refractivity contribution in [3.63, 3.8) is 0 Å². The molecular weight excluding hydrogens is 380 g/mol. The number of nitrogens with zero attached hydrogens (tertiary/aromatic N) is 3. The molecule has 1 aliphatic carbocycles. The lowest BCUT2D eigenvalue weighted by molar-refractivity contribution is -0.140. The molecule has 3 fully saturated rings. The van der Waals surface area contributed by atoms with Crippen LogP contribution in [0.1, 0.15) is 39.0 Å². The summed E-state index contributed by atoms with van der Waals surface area (Å²) in [5.41, 5.74) is 1.82. The molecule has 0 bridgehead atoms. The van der Waals surface area contributed by atoms with Gasteiger partial charge in [0, 0.05) is 39.1 Å². The van der Waals surface area contributed by atoms with Gasteiger partial charge in [0.1, 0.15) is 0 Å². The van der Waals surface area contributed by atoms with Crippen molar-refractivity contribution in [2.75, 3.05) is 49.5 Å². The number of anilines is 2. The number of para-hydroxylation sites is 2. The van der Waals surface area contributed by atoms with Crippen molar-refractivity contribution >= 4 is 29.1 Å². The molecule has 7 nitrogen and oxygen atoms in total.